The Hall–Kier alpha value is 0.380. The molecule has 19 heavy (non-hydrogen) atoms. The number of alkyl halides is 1. The maximum atomic E-state index is 12.7. The Bertz CT molecular complexity index is 492. The van der Waals surface area contributed by atoms with Crippen LogP contribution in [0.3, 0.4) is 0 Å². The molecule has 110 valence electrons. The van der Waals surface area contributed by atoms with Gasteiger partial charge in [0.2, 0.25) is 0 Å². The average molecular weight is 389 g/mol. The van der Waals surface area contributed by atoms with Crippen molar-refractivity contribution in [2.24, 2.45) is 0 Å². The molecule has 0 amide bonds. The summed E-state index contributed by atoms with van der Waals surface area (Å²) in [5.74, 6) is 0. The Kier molecular flexibility index (Phi) is 6.79. The second-order valence-electron chi connectivity index (χ2n) is 4.30. The molecule has 3 nitrogen and oxygen atoms in total. The average Bonchev–Trinajstić information content (AvgIpc) is 2.70. The van der Waals surface area contributed by atoms with E-state index in [0.29, 0.717) is 20.4 Å². The van der Waals surface area contributed by atoms with Gasteiger partial charge in [0.1, 0.15) is 4.21 Å². The molecular weight excluding hydrogens is 370 g/mol. The van der Waals surface area contributed by atoms with Crippen LogP contribution < -0.4 is 0 Å². The number of nitrogens with zero attached hydrogens (tertiary/aromatic N) is 1. The second-order valence-corrected chi connectivity index (χ2v) is 8.86. The van der Waals surface area contributed by atoms with Crippen LogP contribution >= 0.6 is 38.9 Å². The highest BCUT2D eigenvalue weighted by Gasteiger charge is 2.30. The molecule has 0 spiro atoms. The maximum absolute atomic E-state index is 12.7. The van der Waals surface area contributed by atoms with Crippen LogP contribution in [0.5, 0.6) is 0 Å². The van der Waals surface area contributed by atoms with E-state index in [0.717, 1.165) is 29.7 Å². The molecular formula is C12H19BrClNO2S2. The van der Waals surface area contributed by atoms with Gasteiger partial charge in [-0.3, -0.25) is 0 Å². The zero-order valence-corrected chi connectivity index (χ0v) is 15.3. The second kappa shape index (κ2) is 7.41. The Morgan fingerprint density at radius 1 is 1.42 bits per heavy atom. The van der Waals surface area contributed by atoms with Crippen LogP contribution in [0.4, 0.5) is 0 Å². The summed E-state index contributed by atoms with van der Waals surface area (Å²) in [5, 5.41) is 0.626. The predicted molar refractivity (Wildman–Crippen MR) is 86.1 cm³/mol. The molecule has 1 aromatic rings. The maximum Gasteiger partial charge on any atom is 0.252 e. The van der Waals surface area contributed by atoms with Gasteiger partial charge < -0.3 is 0 Å². The quantitative estimate of drug-likeness (QED) is 0.654. The lowest BCUT2D eigenvalue weighted by Crippen LogP contribution is -2.40. The van der Waals surface area contributed by atoms with Gasteiger partial charge in [0.05, 0.1) is 4.34 Å². The Labute approximate surface area is 133 Å². The number of sulfonamides is 1. The summed E-state index contributed by atoms with van der Waals surface area (Å²) in [5.41, 5.74) is 0.814. The van der Waals surface area contributed by atoms with Gasteiger partial charge in [-0.2, -0.15) is 4.31 Å². The number of hydrogen-bond donors (Lipinski definition) is 0. The van der Waals surface area contributed by atoms with Crippen molar-refractivity contribution in [3.8, 4) is 0 Å². The van der Waals surface area contributed by atoms with Crippen LogP contribution in [-0.2, 0) is 10.0 Å². The van der Waals surface area contributed by atoms with Crippen molar-refractivity contribution in [1.82, 2.24) is 4.31 Å². The van der Waals surface area contributed by atoms with Gasteiger partial charge in [-0.15, -0.1) is 11.3 Å². The van der Waals surface area contributed by atoms with Crippen LogP contribution in [0.2, 0.25) is 4.34 Å². The lowest BCUT2D eigenvalue weighted by atomic mass is 10.2. The van der Waals surface area contributed by atoms with Gasteiger partial charge in [0, 0.05) is 17.9 Å². The molecule has 0 saturated carbocycles. The van der Waals surface area contributed by atoms with E-state index < -0.39 is 10.0 Å². The zero-order chi connectivity index (χ0) is 14.6. The molecule has 0 aliphatic carbocycles. The summed E-state index contributed by atoms with van der Waals surface area (Å²) < 4.78 is 27.9. The third-order valence-electron chi connectivity index (χ3n) is 3.05. The smallest absolute Gasteiger partial charge is 0.206 e. The molecule has 1 heterocycles. The monoisotopic (exact) mass is 387 g/mol. The number of aryl methyl sites for hydroxylation is 1. The topological polar surface area (TPSA) is 37.4 Å². The largest absolute Gasteiger partial charge is 0.252 e. The first-order valence-corrected chi connectivity index (χ1v) is 9.97. The van der Waals surface area contributed by atoms with Crippen molar-refractivity contribution < 1.29 is 8.42 Å². The molecule has 0 saturated heterocycles. The Morgan fingerprint density at radius 2 is 2.00 bits per heavy atom. The Morgan fingerprint density at radius 3 is 2.37 bits per heavy atom. The molecule has 0 fully saturated rings. The summed E-state index contributed by atoms with van der Waals surface area (Å²) in [4.78, 5) is 0. The van der Waals surface area contributed by atoms with Gasteiger partial charge in [0.15, 0.2) is 0 Å². The van der Waals surface area contributed by atoms with Crippen LogP contribution in [-0.4, -0.2) is 30.6 Å². The molecule has 0 aliphatic rings. The summed E-state index contributed by atoms with van der Waals surface area (Å²) >= 11 is 10.5. The standard InChI is InChI=1S/C12H19BrClNO2S2/c1-4-10(5-2)15(7-6-13)19(16,17)11-8-9(3)12(14)18-11/h8,10H,4-7H2,1-3H3. The van der Waals surface area contributed by atoms with E-state index in [-0.39, 0.29) is 6.04 Å². The van der Waals surface area contributed by atoms with Gasteiger partial charge in [-0.1, -0.05) is 41.4 Å². The number of rotatable bonds is 7. The van der Waals surface area contributed by atoms with Crippen LogP contribution in [0.15, 0.2) is 10.3 Å². The molecule has 0 atom stereocenters. The normalized spacial score (nSPS) is 12.6. The fourth-order valence-electron chi connectivity index (χ4n) is 1.95. The highest BCUT2D eigenvalue weighted by atomic mass is 79.9. The fourth-order valence-corrected chi connectivity index (χ4v) is 6.18. The third-order valence-corrected chi connectivity index (χ3v) is 7.36. The van der Waals surface area contributed by atoms with E-state index in [9.17, 15) is 8.42 Å². The first kappa shape index (κ1) is 17.4. The molecule has 0 bridgehead atoms. The van der Waals surface area contributed by atoms with Crippen molar-refractivity contribution in [2.75, 3.05) is 11.9 Å². The SMILES string of the molecule is CCC(CC)N(CCBr)S(=O)(=O)c1cc(C)c(Cl)s1. The third kappa shape index (κ3) is 3.94. The van der Waals surface area contributed by atoms with E-state index in [2.05, 4.69) is 15.9 Å². The van der Waals surface area contributed by atoms with Gasteiger partial charge in [-0.05, 0) is 31.4 Å². The zero-order valence-electron chi connectivity index (χ0n) is 11.3. The summed E-state index contributed by atoms with van der Waals surface area (Å²) in [7, 11) is -3.45. The van der Waals surface area contributed by atoms with Gasteiger partial charge in [-0.25, -0.2) is 8.42 Å². The van der Waals surface area contributed by atoms with Gasteiger partial charge in [0.25, 0.3) is 10.0 Å². The molecule has 1 rings (SSSR count). The van der Waals surface area contributed by atoms with Crippen molar-refractivity contribution in [3.63, 3.8) is 0 Å². The van der Waals surface area contributed by atoms with Crippen LogP contribution in [0, 0.1) is 6.92 Å². The fraction of sp³-hybridized carbons (Fsp3) is 0.667. The number of hydrogen-bond acceptors (Lipinski definition) is 3. The van der Waals surface area contributed by atoms with Crippen LogP contribution in [0.1, 0.15) is 32.3 Å². The van der Waals surface area contributed by atoms with E-state index >= 15 is 0 Å². The van der Waals surface area contributed by atoms with Crippen molar-refractivity contribution in [2.45, 2.75) is 43.9 Å². The first-order chi connectivity index (χ1) is 8.88. The lowest BCUT2D eigenvalue weighted by molar-refractivity contribution is 0.318. The Balaban J connectivity index is 3.19. The van der Waals surface area contributed by atoms with Crippen molar-refractivity contribution in [1.29, 1.82) is 0 Å². The number of halogens is 2. The predicted octanol–water partition coefficient (Wildman–Crippen LogP) is 4.28. The molecule has 0 aromatic carbocycles. The highest BCUT2D eigenvalue weighted by molar-refractivity contribution is 9.09. The van der Waals surface area contributed by atoms with Crippen molar-refractivity contribution in [3.05, 3.63) is 16.0 Å². The minimum atomic E-state index is -3.45. The van der Waals surface area contributed by atoms with E-state index in [1.807, 2.05) is 20.8 Å². The molecule has 0 unspecified atom stereocenters. The minimum Gasteiger partial charge on any atom is -0.206 e. The lowest BCUT2D eigenvalue weighted by Gasteiger charge is -2.28. The van der Waals surface area contributed by atoms with E-state index in [1.54, 1.807) is 10.4 Å². The number of thiophene rings is 1. The van der Waals surface area contributed by atoms with Crippen molar-refractivity contribution >= 4 is 48.9 Å². The van der Waals surface area contributed by atoms with E-state index in [1.165, 1.54) is 0 Å². The van der Waals surface area contributed by atoms with Gasteiger partial charge >= 0.3 is 0 Å². The summed E-state index contributed by atoms with van der Waals surface area (Å²) in [6.07, 6.45) is 1.61. The highest BCUT2D eigenvalue weighted by Crippen LogP contribution is 2.33. The molecule has 0 N–H and O–H groups in total. The molecule has 0 radical (unpaired) electrons. The minimum absolute atomic E-state index is 0.0312. The van der Waals surface area contributed by atoms with Crippen LogP contribution in [0.25, 0.3) is 0 Å². The summed E-state index contributed by atoms with van der Waals surface area (Å²) in [6.45, 7) is 6.32. The van der Waals surface area contributed by atoms with E-state index in [4.69, 9.17) is 11.6 Å². The molecule has 7 heteroatoms. The molecule has 0 aliphatic heterocycles. The first-order valence-electron chi connectivity index (χ1n) is 6.22. The molecule has 1 aromatic heterocycles. The summed E-state index contributed by atoms with van der Waals surface area (Å²) in [6, 6.07) is 1.69.